The van der Waals surface area contributed by atoms with Crippen LogP contribution in [-0.4, -0.2) is 33.0 Å². The average Bonchev–Trinajstić information content (AvgIpc) is 2.35. The van der Waals surface area contributed by atoms with Crippen molar-refractivity contribution in [1.29, 1.82) is 0 Å². The van der Waals surface area contributed by atoms with Gasteiger partial charge in [0.05, 0.1) is 24.2 Å². The molecule has 0 heterocycles. The second-order valence-electron chi connectivity index (χ2n) is 4.25. The van der Waals surface area contributed by atoms with Gasteiger partial charge in [-0.2, -0.15) is 13.2 Å². The summed E-state index contributed by atoms with van der Waals surface area (Å²) in [6, 6.07) is 2.85. The van der Waals surface area contributed by atoms with Crippen molar-refractivity contribution < 1.29 is 22.6 Å². The minimum atomic E-state index is -4.35. The standard InChI is InChI=1S/C13H16BrClF3NO2/c1-3-19-11(6-21-7-13(16,17)18)9-4-8(15)5-10(14)12(9)20-2/h4-5,11,19H,3,6-7H2,1-2H3. The van der Waals surface area contributed by atoms with Crippen LogP contribution in [-0.2, 0) is 4.74 Å². The molecule has 1 atom stereocenters. The molecule has 0 spiro atoms. The normalized spacial score (nSPS) is 13.3. The van der Waals surface area contributed by atoms with Crippen molar-refractivity contribution in [3.05, 3.63) is 27.2 Å². The number of ether oxygens (including phenoxy) is 2. The second kappa shape index (κ2) is 8.22. The first-order chi connectivity index (χ1) is 9.78. The molecule has 21 heavy (non-hydrogen) atoms. The van der Waals surface area contributed by atoms with Crippen molar-refractivity contribution in [3.8, 4) is 5.75 Å². The van der Waals surface area contributed by atoms with Crippen LogP contribution in [0.4, 0.5) is 13.2 Å². The van der Waals surface area contributed by atoms with Gasteiger partial charge in [-0.1, -0.05) is 18.5 Å². The van der Waals surface area contributed by atoms with Gasteiger partial charge in [-0.25, -0.2) is 0 Å². The van der Waals surface area contributed by atoms with Gasteiger partial charge in [-0.15, -0.1) is 0 Å². The summed E-state index contributed by atoms with van der Waals surface area (Å²) in [7, 11) is 1.48. The topological polar surface area (TPSA) is 30.5 Å². The number of hydrogen-bond donors (Lipinski definition) is 1. The Kier molecular flexibility index (Phi) is 7.26. The van der Waals surface area contributed by atoms with Gasteiger partial charge < -0.3 is 14.8 Å². The summed E-state index contributed by atoms with van der Waals surface area (Å²) in [6.45, 7) is 0.978. The lowest BCUT2D eigenvalue weighted by Crippen LogP contribution is -2.28. The smallest absolute Gasteiger partial charge is 0.411 e. The molecule has 0 aliphatic heterocycles. The largest absolute Gasteiger partial charge is 0.495 e. The van der Waals surface area contributed by atoms with Crippen molar-refractivity contribution in [2.45, 2.75) is 19.1 Å². The highest BCUT2D eigenvalue weighted by molar-refractivity contribution is 9.10. The highest BCUT2D eigenvalue weighted by Gasteiger charge is 2.28. The van der Waals surface area contributed by atoms with Crippen LogP contribution < -0.4 is 10.1 Å². The van der Waals surface area contributed by atoms with Gasteiger partial charge in [0.15, 0.2) is 0 Å². The van der Waals surface area contributed by atoms with Gasteiger partial charge in [0.25, 0.3) is 0 Å². The van der Waals surface area contributed by atoms with Crippen molar-refractivity contribution in [2.75, 3.05) is 26.9 Å². The van der Waals surface area contributed by atoms with Crippen LogP contribution in [0.1, 0.15) is 18.5 Å². The Morgan fingerprint density at radius 2 is 2.05 bits per heavy atom. The molecule has 1 aromatic carbocycles. The lowest BCUT2D eigenvalue weighted by Gasteiger charge is -2.22. The Bertz CT molecular complexity index is 471. The molecule has 0 radical (unpaired) electrons. The minimum Gasteiger partial charge on any atom is -0.495 e. The first-order valence-electron chi connectivity index (χ1n) is 6.19. The molecule has 0 aliphatic carbocycles. The van der Waals surface area contributed by atoms with Gasteiger partial charge in [-0.05, 0) is 34.6 Å². The maximum Gasteiger partial charge on any atom is 0.411 e. The molecule has 1 aromatic rings. The molecule has 0 bridgehead atoms. The summed E-state index contributed by atoms with van der Waals surface area (Å²) in [5.41, 5.74) is 0.640. The fraction of sp³-hybridized carbons (Fsp3) is 0.538. The SMILES string of the molecule is CCNC(COCC(F)(F)F)c1cc(Cl)cc(Br)c1OC. The third-order valence-corrected chi connectivity index (χ3v) is 3.42. The predicted octanol–water partition coefficient (Wildman–Crippen LogP) is 4.34. The molecule has 0 aliphatic rings. The lowest BCUT2D eigenvalue weighted by molar-refractivity contribution is -0.175. The lowest BCUT2D eigenvalue weighted by atomic mass is 10.1. The molecule has 8 heteroatoms. The van der Waals surface area contributed by atoms with E-state index in [1.165, 1.54) is 7.11 Å². The molecule has 1 N–H and O–H groups in total. The van der Waals surface area contributed by atoms with Gasteiger partial charge in [0, 0.05) is 10.6 Å². The number of likely N-dealkylation sites (N-methyl/N-ethyl adjacent to an activating group) is 1. The van der Waals surface area contributed by atoms with Crippen molar-refractivity contribution in [2.24, 2.45) is 0 Å². The molecule has 0 fully saturated rings. The van der Waals surface area contributed by atoms with Gasteiger partial charge >= 0.3 is 6.18 Å². The minimum absolute atomic E-state index is 0.142. The second-order valence-corrected chi connectivity index (χ2v) is 5.54. The van der Waals surface area contributed by atoms with E-state index in [-0.39, 0.29) is 6.61 Å². The van der Waals surface area contributed by atoms with E-state index in [4.69, 9.17) is 21.1 Å². The first-order valence-corrected chi connectivity index (χ1v) is 7.36. The van der Waals surface area contributed by atoms with E-state index in [0.29, 0.717) is 27.4 Å². The Hall–Kier alpha value is -0.500. The van der Waals surface area contributed by atoms with E-state index in [1.54, 1.807) is 12.1 Å². The summed E-state index contributed by atoms with van der Waals surface area (Å²) in [4.78, 5) is 0. The fourth-order valence-electron chi connectivity index (χ4n) is 1.85. The number of alkyl halides is 3. The molecule has 120 valence electrons. The Balaban J connectivity index is 2.94. The Morgan fingerprint density at radius 1 is 1.38 bits per heavy atom. The highest BCUT2D eigenvalue weighted by atomic mass is 79.9. The zero-order valence-corrected chi connectivity index (χ0v) is 13.9. The van der Waals surface area contributed by atoms with Crippen molar-refractivity contribution in [3.63, 3.8) is 0 Å². The molecular formula is C13H16BrClF3NO2. The van der Waals surface area contributed by atoms with Gasteiger partial charge in [0.2, 0.25) is 0 Å². The zero-order chi connectivity index (χ0) is 16.0. The number of methoxy groups -OCH3 is 1. The van der Waals surface area contributed by atoms with E-state index < -0.39 is 18.8 Å². The van der Waals surface area contributed by atoms with Crippen LogP contribution in [0.3, 0.4) is 0 Å². The zero-order valence-electron chi connectivity index (χ0n) is 11.6. The fourth-order valence-corrected chi connectivity index (χ4v) is 2.85. The summed E-state index contributed by atoms with van der Waals surface area (Å²) < 4.78 is 47.2. The third-order valence-electron chi connectivity index (χ3n) is 2.62. The molecular weight excluding hydrogens is 374 g/mol. The average molecular weight is 391 g/mol. The number of rotatable bonds is 7. The number of halogens is 5. The quantitative estimate of drug-likeness (QED) is 0.751. The van der Waals surface area contributed by atoms with E-state index >= 15 is 0 Å². The molecule has 1 rings (SSSR count). The molecule has 0 saturated carbocycles. The van der Waals surface area contributed by atoms with E-state index in [0.717, 1.165) is 0 Å². The maximum atomic E-state index is 12.2. The summed E-state index contributed by atoms with van der Waals surface area (Å²) >= 11 is 9.32. The van der Waals surface area contributed by atoms with Crippen LogP contribution in [0.25, 0.3) is 0 Å². The summed E-state index contributed by atoms with van der Waals surface area (Å²) in [6.07, 6.45) is -4.35. The molecule has 0 saturated heterocycles. The van der Waals surface area contributed by atoms with Gasteiger partial charge in [0.1, 0.15) is 12.4 Å². The number of nitrogens with one attached hydrogen (secondary N) is 1. The first kappa shape index (κ1) is 18.5. The third kappa shape index (κ3) is 6.02. The van der Waals surface area contributed by atoms with Gasteiger partial charge in [-0.3, -0.25) is 0 Å². The van der Waals surface area contributed by atoms with Crippen LogP contribution in [0.2, 0.25) is 5.02 Å². The monoisotopic (exact) mass is 389 g/mol. The van der Waals surface area contributed by atoms with Crippen LogP contribution in [0, 0.1) is 0 Å². The van der Waals surface area contributed by atoms with E-state index in [2.05, 4.69) is 21.2 Å². The van der Waals surface area contributed by atoms with Crippen molar-refractivity contribution in [1.82, 2.24) is 5.32 Å². The molecule has 3 nitrogen and oxygen atoms in total. The maximum absolute atomic E-state index is 12.2. The van der Waals surface area contributed by atoms with E-state index in [1.807, 2.05) is 6.92 Å². The number of benzene rings is 1. The number of hydrogen-bond acceptors (Lipinski definition) is 3. The Labute approximate surface area is 134 Å². The van der Waals surface area contributed by atoms with Crippen molar-refractivity contribution >= 4 is 27.5 Å². The Morgan fingerprint density at radius 3 is 2.57 bits per heavy atom. The molecule has 0 aromatic heterocycles. The van der Waals surface area contributed by atoms with Crippen LogP contribution in [0.15, 0.2) is 16.6 Å². The molecule has 1 unspecified atom stereocenters. The van der Waals surface area contributed by atoms with E-state index in [9.17, 15) is 13.2 Å². The van der Waals surface area contributed by atoms with Crippen LogP contribution >= 0.6 is 27.5 Å². The predicted molar refractivity (Wildman–Crippen MR) is 79.0 cm³/mol. The summed E-state index contributed by atoms with van der Waals surface area (Å²) in [5.74, 6) is 0.515. The summed E-state index contributed by atoms with van der Waals surface area (Å²) in [5, 5.41) is 3.52. The van der Waals surface area contributed by atoms with Crippen LogP contribution in [0.5, 0.6) is 5.75 Å². The molecule has 0 amide bonds. The highest BCUT2D eigenvalue weighted by Crippen LogP contribution is 2.36.